The van der Waals surface area contributed by atoms with Crippen molar-refractivity contribution in [1.29, 1.82) is 0 Å². The lowest BCUT2D eigenvalue weighted by Crippen LogP contribution is -2.62. The summed E-state index contributed by atoms with van der Waals surface area (Å²) < 4.78 is 10.7. The second-order valence-electron chi connectivity index (χ2n) is 11.7. The monoisotopic (exact) mass is 576 g/mol. The molecule has 2 aliphatic heterocycles. The predicted octanol–water partition coefficient (Wildman–Crippen LogP) is 2.62. The highest BCUT2D eigenvalue weighted by Gasteiger charge is 2.54. The van der Waals surface area contributed by atoms with Gasteiger partial charge in [-0.2, -0.15) is 0 Å². The number of nitrogens with one attached hydrogen (secondary N) is 3. The van der Waals surface area contributed by atoms with E-state index in [1.54, 1.807) is 11.8 Å². The third kappa shape index (κ3) is 6.25. The number of carbonyl (C=O) groups is 5. The molecule has 0 aromatic heterocycles. The van der Waals surface area contributed by atoms with Crippen LogP contribution in [0.1, 0.15) is 70.7 Å². The molecule has 1 saturated carbocycles. The number of hydrogen-bond donors (Lipinski definition) is 3. The summed E-state index contributed by atoms with van der Waals surface area (Å²) in [6.45, 7) is 8.99. The Balaban J connectivity index is 1.53. The van der Waals surface area contributed by atoms with Crippen LogP contribution in [0, 0.1) is 11.3 Å². The van der Waals surface area contributed by atoms with Crippen LogP contribution in [0.4, 0.5) is 5.69 Å². The molecule has 1 aliphatic carbocycles. The maximum Gasteiger partial charge on any atom is 0.310 e. The fourth-order valence-electron chi connectivity index (χ4n) is 5.84. The molecule has 3 aliphatic rings. The smallest absolute Gasteiger partial charge is 0.310 e. The second kappa shape index (κ2) is 11.7. The van der Waals surface area contributed by atoms with E-state index in [2.05, 4.69) is 16.0 Å². The summed E-state index contributed by atoms with van der Waals surface area (Å²) in [5, 5.41) is 8.54. The summed E-state index contributed by atoms with van der Waals surface area (Å²) in [4.78, 5) is 65.8. The zero-order valence-electron chi connectivity index (χ0n) is 23.4. The lowest BCUT2D eigenvalue weighted by Gasteiger charge is -2.40. The SMILES string of the molecule is CCO[C@@H]1OC(=O)C[C@H]1NC(=O)[C@@H]1[C@@H]2CC[C@@H](C2)N1C(=O)[C@@H](NC(=O)c1ccc(NC(C)=O)c(Cl)c1)C(C)(C)C. The first-order chi connectivity index (χ1) is 18.8. The molecule has 2 bridgehead atoms. The van der Waals surface area contributed by atoms with Gasteiger partial charge in [0.2, 0.25) is 24.0 Å². The van der Waals surface area contributed by atoms with Gasteiger partial charge in [0, 0.05) is 25.1 Å². The minimum Gasteiger partial charge on any atom is -0.433 e. The van der Waals surface area contributed by atoms with Crippen LogP contribution in [-0.2, 0) is 28.7 Å². The number of carbonyl (C=O) groups excluding carboxylic acids is 5. The van der Waals surface area contributed by atoms with E-state index in [-0.39, 0.29) is 46.7 Å². The van der Waals surface area contributed by atoms with Crippen LogP contribution in [0.5, 0.6) is 0 Å². The lowest BCUT2D eigenvalue weighted by molar-refractivity contribution is -0.165. The minimum atomic E-state index is -0.934. The second-order valence-corrected chi connectivity index (χ2v) is 12.1. The highest BCUT2D eigenvalue weighted by atomic mass is 35.5. The number of benzene rings is 1. The fraction of sp³-hybridized carbons (Fsp3) is 0.607. The van der Waals surface area contributed by atoms with Crippen molar-refractivity contribution in [1.82, 2.24) is 15.5 Å². The molecule has 2 heterocycles. The molecule has 40 heavy (non-hydrogen) atoms. The number of likely N-dealkylation sites (tertiary alicyclic amines) is 1. The van der Waals surface area contributed by atoms with E-state index in [9.17, 15) is 24.0 Å². The van der Waals surface area contributed by atoms with E-state index in [0.717, 1.165) is 12.8 Å². The largest absolute Gasteiger partial charge is 0.433 e. The van der Waals surface area contributed by atoms with Crippen LogP contribution in [0.15, 0.2) is 18.2 Å². The number of piperidine rings is 1. The van der Waals surface area contributed by atoms with Crippen LogP contribution in [-0.4, -0.2) is 71.6 Å². The van der Waals surface area contributed by atoms with Crippen molar-refractivity contribution in [3.8, 4) is 0 Å². The molecular formula is C28H37ClN4O7. The maximum atomic E-state index is 14.1. The Labute approximate surface area is 238 Å². The molecular weight excluding hydrogens is 540 g/mol. The quantitative estimate of drug-likeness (QED) is 0.404. The first-order valence-electron chi connectivity index (χ1n) is 13.6. The van der Waals surface area contributed by atoms with Gasteiger partial charge in [-0.15, -0.1) is 0 Å². The van der Waals surface area contributed by atoms with Crippen LogP contribution < -0.4 is 16.0 Å². The standard InChI is InChI=1S/C28H37ClN4O7/c1-6-39-27-20(13-21(35)40-27)31-25(37)22-15-7-9-17(11-15)33(22)26(38)23(28(3,4)5)32-24(36)16-8-10-19(18(29)12-16)30-14(2)34/h8,10,12,15,17,20,22-23,27H,6-7,9,11,13H2,1-5H3,(H,30,34)(H,31,37)(H,32,36)/t15-,17+,20-,22+,23-,27-/m1/s1. The average molecular weight is 577 g/mol. The predicted molar refractivity (Wildman–Crippen MR) is 146 cm³/mol. The minimum absolute atomic E-state index is 0.00483. The Morgan fingerprint density at radius 3 is 2.55 bits per heavy atom. The molecule has 0 radical (unpaired) electrons. The number of anilines is 1. The van der Waals surface area contributed by atoms with E-state index in [1.807, 2.05) is 20.8 Å². The van der Waals surface area contributed by atoms with Crippen molar-refractivity contribution < 1.29 is 33.4 Å². The molecule has 3 N–H and O–H groups in total. The van der Waals surface area contributed by atoms with E-state index < -0.39 is 41.7 Å². The Bertz CT molecular complexity index is 1200. The van der Waals surface area contributed by atoms with E-state index in [0.29, 0.717) is 18.7 Å². The molecule has 218 valence electrons. The van der Waals surface area contributed by atoms with Gasteiger partial charge in [0.05, 0.1) is 17.1 Å². The van der Waals surface area contributed by atoms with Gasteiger partial charge in [0.1, 0.15) is 18.1 Å². The van der Waals surface area contributed by atoms with Gasteiger partial charge in [0.15, 0.2) is 0 Å². The third-order valence-electron chi connectivity index (χ3n) is 7.66. The summed E-state index contributed by atoms with van der Waals surface area (Å²) in [5.41, 5.74) is -0.0790. The molecule has 4 amide bonds. The molecule has 11 nitrogen and oxygen atoms in total. The highest BCUT2D eigenvalue weighted by Crippen LogP contribution is 2.44. The Morgan fingerprint density at radius 2 is 1.93 bits per heavy atom. The number of esters is 1. The van der Waals surface area contributed by atoms with Gasteiger partial charge in [-0.25, -0.2) is 0 Å². The Hall–Kier alpha value is -3.18. The number of rotatable bonds is 8. The van der Waals surface area contributed by atoms with Crippen molar-refractivity contribution in [3.05, 3.63) is 28.8 Å². The summed E-state index contributed by atoms with van der Waals surface area (Å²) in [7, 11) is 0. The van der Waals surface area contributed by atoms with E-state index in [4.69, 9.17) is 21.1 Å². The Morgan fingerprint density at radius 1 is 1.20 bits per heavy atom. The molecule has 12 heteroatoms. The third-order valence-corrected chi connectivity index (χ3v) is 7.97. The molecule has 6 atom stereocenters. The van der Waals surface area contributed by atoms with Gasteiger partial charge in [-0.05, 0) is 55.7 Å². The average Bonchev–Trinajstić information content (AvgIpc) is 3.57. The number of nitrogens with zero attached hydrogens (tertiary/aromatic N) is 1. The van der Waals surface area contributed by atoms with Gasteiger partial charge in [-0.1, -0.05) is 32.4 Å². The summed E-state index contributed by atoms with van der Waals surface area (Å²) >= 11 is 6.26. The number of amides is 4. The van der Waals surface area contributed by atoms with Crippen molar-refractivity contribution >= 4 is 46.9 Å². The number of fused-ring (bicyclic) bond motifs is 2. The Kier molecular flexibility index (Phi) is 8.75. The highest BCUT2D eigenvalue weighted by molar-refractivity contribution is 6.34. The lowest BCUT2D eigenvalue weighted by atomic mass is 9.84. The summed E-state index contributed by atoms with van der Waals surface area (Å²) in [6, 6.07) is 2.06. The first-order valence-corrected chi connectivity index (χ1v) is 14.0. The van der Waals surface area contributed by atoms with E-state index >= 15 is 0 Å². The summed E-state index contributed by atoms with van der Waals surface area (Å²) in [6.07, 6.45) is 1.42. The normalized spacial score (nSPS) is 26.3. The molecule has 0 spiro atoms. The van der Waals surface area contributed by atoms with Gasteiger partial charge in [-0.3, -0.25) is 24.0 Å². The van der Waals surface area contributed by atoms with Crippen molar-refractivity contribution in [2.75, 3.05) is 11.9 Å². The summed E-state index contributed by atoms with van der Waals surface area (Å²) in [5.74, 6) is -1.96. The molecule has 2 saturated heterocycles. The number of ether oxygens (including phenoxy) is 2. The first kappa shape index (κ1) is 29.8. The van der Waals surface area contributed by atoms with Crippen LogP contribution in [0.2, 0.25) is 5.02 Å². The van der Waals surface area contributed by atoms with Crippen molar-refractivity contribution in [3.63, 3.8) is 0 Å². The zero-order valence-corrected chi connectivity index (χ0v) is 24.2. The fourth-order valence-corrected chi connectivity index (χ4v) is 6.07. The van der Waals surface area contributed by atoms with Crippen LogP contribution in [0.25, 0.3) is 0 Å². The van der Waals surface area contributed by atoms with Crippen LogP contribution in [0.3, 0.4) is 0 Å². The number of hydrogen-bond acceptors (Lipinski definition) is 7. The van der Waals surface area contributed by atoms with Crippen molar-refractivity contribution in [2.45, 2.75) is 90.8 Å². The van der Waals surface area contributed by atoms with Gasteiger partial charge < -0.3 is 30.3 Å². The zero-order chi connectivity index (χ0) is 29.4. The van der Waals surface area contributed by atoms with Gasteiger partial charge in [0.25, 0.3) is 5.91 Å². The topological polar surface area (TPSA) is 143 Å². The molecule has 4 rings (SSSR count). The van der Waals surface area contributed by atoms with Crippen LogP contribution >= 0.6 is 11.6 Å². The van der Waals surface area contributed by atoms with E-state index in [1.165, 1.54) is 25.1 Å². The maximum absolute atomic E-state index is 14.1. The molecule has 1 aromatic carbocycles. The molecule has 0 unspecified atom stereocenters. The molecule has 3 fully saturated rings. The van der Waals surface area contributed by atoms with Gasteiger partial charge >= 0.3 is 5.97 Å². The van der Waals surface area contributed by atoms with Crippen molar-refractivity contribution in [2.24, 2.45) is 11.3 Å². The number of halogens is 1. The molecule has 1 aromatic rings. The number of cyclic esters (lactones) is 1.